The molecule has 2 heterocycles. The Morgan fingerprint density at radius 1 is 1.45 bits per heavy atom. The third kappa shape index (κ3) is 3.55. The van der Waals surface area contributed by atoms with E-state index in [2.05, 4.69) is 26.2 Å². The molecule has 0 atom stereocenters. The van der Waals surface area contributed by atoms with Crippen molar-refractivity contribution in [3.8, 4) is 0 Å². The van der Waals surface area contributed by atoms with Crippen LogP contribution in [0.15, 0.2) is 22.8 Å². The highest BCUT2D eigenvalue weighted by Crippen LogP contribution is 2.19. The van der Waals surface area contributed by atoms with Gasteiger partial charge in [-0.15, -0.1) is 0 Å². The van der Waals surface area contributed by atoms with Gasteiger partial charge >= 0.3 is 0 Å². The summed E-state index contributed by atoms with van der Waals surface area (Å²) in [6, 6.07) is 3.51. The van der Waals surface area contributed by atoms with Crippen LogP contribution >= 0.6 is 15.9 Å². The van der Waals surface area contributed by atoms with Crippen LogP contribution in [0.3, 0.4) is 0 Å². The topological polar surface area (TPSA) is 88.3 Å². The first-order chi connectivity index (χ1) is 9.59. The van der Waals surface area contributed by atoms with Crippen LogP contribution < -0.4 is 11.1 Å². The molecule has 6 nitrogen and oxygen atoms in total. The van der Waals surface area contributed by atoms with Crippen molar-refractivity contribution in [2.75, 3.05) is 19.6 Å². The van der Waals surface area contributed by atoms with Crippen molar-refractivity contribution in [2.45, 2.75) is 18.9 Å². The van der Waals surface area contributed by atoms with Crippen LogP contribution in [-0.2, 0) is 4.79 Å². The highest BCUT2D eigenvalue weighted by molar-refractivity contribution is 9.10. The first-order valence-electron chi connectivity index (χ1n) is 6.50. The fraction of sp³-hybridized carbons (Fsp3) is 0.462. The molecule has 0 bridgehead atoms. The molecule has 108 valence electrons. The van der Waals surface area contributed by atoms with Gasteiger partial charge in [0.2, 0.25) is 5.91 Å². The molecular formula is C13H17BrN4O2. The average Bonchev–Trinajstić information content (AvgIpc) is 2.45. The standard InChI is InChI=1S/C13H17BrN4O2/c14-10-2-1-5-17-12(10)13(20)18(8-11(15)19)9-3-6-16-7-4-9/h1-2,5,9,16H,3-4,6-8H2,(H2,15,19). The summed E-state index contributed by atoms with van der Waals surface area (Å²) in [5, 5.41) is 3.23. The van der Waals surface area contributed by atoms with Gasteiger partial charge in [0, 0.05) is 16.7 Å². The van der Waals surface area contributed by atoms with E-state index in [1.165, 1.54) is 4.90 Å². The van der Waals surface area contributed by atoms with Crippen molar-refractivity contribution in [2.24, 2.45) is 5.73 Å². The van der Waals surface area contributed by atoms with E-state index in [4.69, 9.17) is 5.73 Å². The van der Waals surface area contributed by atoms with E-state index >= 15 is 0 Å². The molecule has 1 saturated heterocycles. The quantitative estimate of drug-likeness (QED) is 0.836. The van der Waals surface area contributed by atoms with Crippen molar-refractivity contribution in [1.82, 2.24) is 15.2 Å². The number of hydrogen-bond donors (Lipinski definition) is 2. The lowest BCUT2D eigenvalue weighted by Gasteiger charge is -2.33. The largest absolute Gasteiger partial charge is 0.368 e. The van der Waals surface area contributed by atoms with Crippen LogP contribution in [0.1, 0.15) is 23.3 Å². The highest BCUT2D eigenvalue weighted by atomic mass is 79.9. The minimum atomic E-state index is -0.510. The number of aromatic nitrogens is 1. The zero-order valence-corrected chi connectivity index (χ0v) is 12.6. The Hall–Kier alpha value is -1.47. The van der Waals surface area contributed by atoms with E-state index < -0.39 is 5.91 Å². The molecule has 7 heteroatoms. The van der Waals surface area contributed by atoms with Crippen LogP contribution in [-0.4, -0.2) is 47.4 Å². The molecule has 0 radical (unpaired) electrons. The monoisotopic (exact) mass is 340 g/mol. The van der Waals surface area contributed by atoms with E-state index in [9.17, 15) is 9.59 Å². The minimum absolute atomic E-state index is 0.0187. The summed E-state index contributed by atoms with van der Waals surface area (Å²) in [6.07, 6.45) is 3.18. The van der Waals surface area contributed by atoms with Gasteiger partial charge in [-0.3, -0.25) is 9.59 Å². The number of nitrogens with one attached hydrogen (secondary N) is 1. The smallest absolute Gasteiger partial charge is 0.274 e. The Labute approximate surface area is 125 Å². The lowest BCUT2D eigenvalue weighted by molar-refractivity contribution is -0.119. The van der Waals surface area contributed by atoms with E-state index in [0.717, 1.165) is 25.9 Å². The number of primary amides is 1. The average molecular weight is 341 g/mol. The molecule has 1 fully saturated rings. The van der Waals surface area contributed by atoms with E-state index in [0.29, 0.717) is 10.2 Å². The number of carbonyl (C=O) groups excluding carboxylic acids is 2. The van der Waals surface area contributed by atoms with Crippen LogP contribution in [0.2, 0.25) is 0 Å². The Morgan fingerprint density at radius 2 is 2.15 bits per heavy atom. The number of nitrogens with zero attached hydrogens (tertiary/aromatic N) is 2. The summed E-state index contributed by atoms with van der Waals surface area (Å²) in [7, 11) is 0. The molecule has 0 unspecified atom stereocenters. The minimum Gasteiger partial charge on any atom is -0.368 e. The Bertz CT molecular complexity index is 503. The van der Waals surface area contributed by atoms with Gasteiger partial charge in [-0.25, -0.2) is 4.98 Å². The molecule has 1 aromatic rings. The van der Waals surface area contributed by atoms with Gasteiger partial charge in [0.05, 0.1) is 6.54 Å². The Kier molecular flexibility index (Phi) is 5.08. The molecule has 20 heavy (non-hydrogen) atoms. The lowest BCUT2D eigenvalue weighted by Crippen LogP contribution is -2.49. The van der Waals surface area contributed by atoms with E-state index in [-0.39, 0.29) is 18.5 Å². The Morgan fingerprint density at radius 3 is 2.75 bits per heavy atom. The second-order valence-corrected chi connectivity index (χ2v) is 5.57. The summed E-state index contributed by atoms with van der Waals surface area (Å²) in [4.78, 5) is 29.5. The van der Waals surface area contributed by atoms with Gasteiger partial charge in [0.1, 0.15) is 5.69 Å². The number of amides is 2. The first-order valence-corrected chi connectivity index (χ1v) is 7.29. The van der Waals surface area contributed by atoms with E-state index in [1.54, 1.807) is 18.3 Å². The number of piperidine rings is 1. The van der Waals surface area contributed by atoms with Crippen molar-refractivity contribution < 1.29 is 9.59 Å². The zero-order valence-electron chi connectivity index (χ0n) is 11.0. The summed E-state index contributed by atoms with van der Waals surface area (Å²) in [6.45, 7) is 1.58. The van der Waals surface area contributed by atoms with Crippen molar-refractivity contribution in [3.05, 3.63) is 28.5 Å². The second-order valence-electron chi connectivity index (χ2n) is 4.71. The van der Waals surface area contributed by atoms with Gasteiger partial charge < -0.3 is 16.0 Å². The summed E-state index contributed by atoms with van der Waals surface area (Å²) in [5.41, 5.74) is 5.59. The third-order valence-electron chi connectivity index (χ3n) is 3.30. The van der Waals surface area contributed by atoms with Crippen molar-refractivity contribution in [3.63, 3.8) is 0 Å². The van der Waals surface area contributed by atoms with Crippen LogP contribution in [0.25, 0.3) is 0 Å². The number of pyridine rings is 1. The molecule has 0 aliphatic carbocycles. The number of hydrogen-bond acceptors (Lipinski definition) is 4. The predicted molar refractivity (Wildman–Crippen MR) is 78.1 cm³/mol. The fourth-order valence-electron chi connectivity index (χ4n) is 2.33. The maximum absolute atomic E-state index is 12.6. The number of rotatable bonds is 4. The van der Waals surface area contributed by atoms with Crippen LogP contribution in [0.4, 0.5) is 0 Å². The molecule has 1 aliphatic heterocycles. The SMILES string of the molecule is NC(=O)CN(C(=O)c1ncccc1Br)C1CCNCC1. The van der Waals surface area contributed by atoms with Crippen molar-refractivity contribution in [1.29, 1.82) is 0 Å². The Balaban J connectivity index is 2.23. The molecular weight excluding hydrogens is 324 g/mol. The molecule has 2 rings (SSSR count). The lowest BCUT2D eigenvalue weighted by atomic mass is 10.0. The number of carbonyl (C=O) groups is 2. The first kappa shape index (κ1) is 14.9. The van der Waals surface area contributed by atoms with Crippen LogP contribution in [0.5, 0.6) is 0 Å². The van der Waals surface area contributed by atoms with Gasteiger partial charge in [-0.2, -0.15) is 0 Å². The van der Waals surface area contributed by atoms with Crippen LogP contribution in [0, 0.1) is 0 Å². The number of halogens is 1. The molecule has 2 amide bonds. The zero-order chi connectivity index (χ0) is 14.5. The predicted octanol–water partition coefficient (Wildman–Crippen LogP) is 0.524. The van der Waals surface area contributed by atoms with Gasteiger partial charge in [0.15, 0.2) is 0 Å². The third-order valence-corrected chi connectivity index (χ3v) is 3.94. The number of nitrogens with two attached hydrogens (primary N) is 1. The molecule has 0 spiro atoms. The van der Waals surface area contributed by atoms with Gasteiger partial charge in [-0.1, -0.05) is 0 Å². The van der Waals surface area contributed by atoms with E-state index in [1.807, 2.05) is 0 Å². The maximum Gasteiger partial charge on any atom is 0.274 e. The molecule has 1 aliphatic rings. The van der Waals surface area contributed by atoms with Gasteiger partial charge in [-0.05, 0) is 54.0 Å². The summed E-state index contributed by atoms with van der Waals surface area (Å²) >= 11 is 3.32. The molecule has 3 N–H and O–H groups in total. The highest BCUT2D eigenvalue weighted by Gasteiger charge is 2.29. The maximum atomic E-state index is 12.6. The van der Waals surface area contributed by atoms with Gasteiger partial charge in [0.25, 0.3) is 5.91 Å². The second kappa shape index (κ2) is 6.81. The normalized spacial score (nSPS) is 15.8. The molecule has 0 aromatic carbocycles. The molecule has 1 aromatic heterocycles. The summed E-state index contributed by atoms with van der Waals surface area (Å²) < 4.78 is 0.619. The van der Waals surface area contributed by atoms with Crippen molar-refractivity contribution >= 4 is 27.7 Å². The molecule has 0 saturated carbocycles. The summed E-state index contributed by atoms with van der Waals surface area (Å²) in [5.74, 6) is -0.771. The fourth-order valence-corrected chi connectivity index (χ4v) is 2.76.